The highest BCUT2D eigenvalue weighted by Gasteiger charge is 2.11. The molecule has 2 rings (SSSR count). The molecule has 2 nitrogen and oxygen atoms in total. The van der Waals surface area contributed by atoms with Gasteiger partial charge in [-0.25, -0.2) is 8.78 Å². The van der Waals surface area contributed by atoms with Crippen LogP contribution < -0.4 is 5.32 Å². The maximum absolute atomic E-state index is 13.0. The van der Waals surface area contributed by atoms with Gasteiger partial charge < -0.3 is 5.32 Å². The van der Waals surface area contributed by atoms with E-state index in [2.05, 4.69) is 21.2 Å². The van der Waals surface area contributed by atoms with Crippen molar-refractivity contribution in [1.29, 1.82) is 0 Å². The molecular formula is C13H8BrF2NO. The van der Waals surface area contributed by atoms with Crippen LogP contribution in [0.1, 0.15) is 10.4 Å². The molecule has 0 fully saturated rings. The Bertz CT molecular complexity index is 601. The molecule has 5 heteroatoms. The van der Waals surface area contributed by atoms with Crippen molar-refractivity contribution in [2.45, 2.75) is 0 Å². The van der Waals surface area contributed by atoms with Gasteiger partial charge in [0.05, 0.1) is 5.56 Å². The number of anilines is 1. The highest BCUT2D eigenvalue weighted by molar-refractivity contribution is 9.10. The Kier molecular flexibility index (Phi) is 3.72. The number of carbonyl (C=O) groups excluding carboxylic acids is 1. The van der Waals surface area contributed by atoms with E-state index in [1.54, 1.807) is 6.07 Å². The Hall–Kier alpha value is -1.75. The van der Waals surface area contributed by atoms with Gasteiger partial charge in [0.15, 0.2) is 0 Å². The van der Waals surface area contributed by atoms with Gasteiger partial charge in [-0.05, 0) is 52.3 Å². The smallest absolute Gasteiger partial charge is 0.256 e. The summed E-state index contributed by atoms with van der Waals surface area (Å²) in [4.78, 5) is 11.9. The molecule has 0 aromatic heterocycles. The highest BCUT2D eigenvalue weighted by Crippen LogP contribution is 2.19. The fraction of sp³-hybridized carbons (Fsp3) is 0. The molecule has 0 unspecified atom stereocenters. The second kappa shape index (κ2) is 5.27. The third-order valence-electron chi connectivity index (χ3n) is 2.26. The van der Waals surface area contributed by atoms with Crippen molar-refractivity contribution in [1.82, 2.24) is 0 Å². The molecule has 0 aliphatic carbocycles. The Balaban J connectivity index is 2.24. The largest absolute Gasteiger partial charge is 0.322 e. The summed E-state index contributed by atoms with van der Waals surface area (Å²) in [5.41, 5.74) is 0.468. The van der Waals surface area contributed by atoms with Gasteiger partial charge in [0, 0.05) is 10.2 Å². The highest BCUT2D eigenvalue weighted by atomic mass is 79.9. The first-order chi connectivity index (χ1) is 8.56. The van der Waals surface area contributed by atoms with Crippen LogP contribution in [-0.4, -0.2) is 5.91 Å². The molecule has 1 N–H and O–H groups in total. The minimum atomic E-state index is -0.511. The molecule has 0 atom stereocenters. The summed E-state index contributed by atoms with van der Waals surface area (Å²) in [6.07, 6.45) is 0. The number of nitrogens with one attached hydrogen (secondary N) is 1. The van der Waals surface area contributed by atoms with Crippen LogP contribution in [0.15, 0.2) is 46.9 Å². The second-order valence-electron chi connectivity index (χ2n) is 3.59. The van der Waals surface area contributed by atoms with Gasteiger partial charge in [0.25, 0.3) is 5.91 Å². The minimum Gasteiger partial charge on any atom is -0.322 e. The third kappa shape index (κ3) is 2.92. The number of amides is 1. The predicted octanol–water partition coefficient (Wildman–Crippen LogP) is 3.98. The van der Waals surface area contributed by atoms with Crippen LogP contribution in [-0.2, 0) is 0 Å². The fourth-order valence-corrected chi connectivity index (χ4v) is 1.86. The zero-order valence-corrected chi connectivity index (χ0v) is 10.7. The average Bonchev–Trinajstić information content (AvgIpc) is 2.32. The number of rotatable bonds is 2. The molecule has 0 bridgehead atoms. The molecule has 0 saturated carbocycles. The Morgan fingerprint density at radius 3 is 2.50 bits per heavy atom. The van der Waals surface area contributed by atoms with E-state index in [1.807, 2.05) is 0 Å². The lowest BCUT2D eigenvalue weighted by atomic mass is 10.2. The van der Waals surface area contributed by atoms with Crippen molar-refractivity contribution in [3.63, 3.8) is 0 Å². The number of benzene rings is 2. The van der Waals surface area contributed by atoms with Crippen LogP contribution in [0.2, 0.25) is 0 Å². The first-order valence-corrected chi connectivity index (χ1v) is 5.87. The summed E-state index contributed by atoms with van der Waals surface area (Å²) >= 11 is 3.16. The average molecular weight is 312 g/mol. The molecule has 0 aliphatic heterocycles. The van der Waals surface area contributed by atoms with E-state index in [9.17, 15) is 13.6 Å². The van der Waals surface area contributed by atoms with Crippen molar-refractivity contribution >= 4 is 27.5 Å². The molecule has 0 heterocycles. The molecular weight excluding hydrogens is 304 g/mol. The molecule has 2 aromatic rings. The quantitative estimate of drug-likeness (QED) is 0.893. The van der Waals surface area contributed by atoms with Crippen LogP contribution >= 0.6 is 15.9 Å². The van der Waals surface area contributed by atoms with Crippen LogP contribution in [0.5, 0.6) is 0 Å². The summed E-state index contributed by atoms with van der Waals surface area (Å²) in [5, 5.41) is 2.49. The maximum Gasteiger partial charge on any atom is 0.256 e. The topological polar surface area (TPSA) is 29.1 Å². The lowest BCUT2D eigenvalue weighted by Gasteiger charge is -2.07. The normalized spacial score (nSPS) is 10.2. The summed E-state index contributed by atoms with van der Waals surface area (Å²) < 4.78 is 26.5. The van der Waals surface area contributed by atoms with Gasteiger partial charge in [-0.3, -0.25) is 4.79 Å². The van der Waals surface area contributed by atoms with E-state index in [1.165, 1.54) is 30.3 Å². The van der Waals surface area contributed by atoms with E-state index >= 15 is 0 Å². The molecule has 18 heavy (non-hydrogen) atoms. The van der Waals surface area contributed by atoms with Crippen molar-refractivity contribution in [2.24, 2.45) is 0 Å². The molecule has 0 aliphatic rings. The molecule has 2 aromatic carbocycles. The number of hydrogen-bond donors (Lipinski definition) is 1. The van der Waals surface area contributed by atoms with Crippen LogP contribution in [0.3, 0.4) is 0 Å². The van der Waals surface area contributed by atoms with Gasteiger partial charge in [0.1, 0.15) is 11.6 Å². The number of halogens is 3. The summed E-state index contributed by atoms with van der Waals surface area (Å²) in [6.45, 7) is 0. The number of carbonyl (C=O) groups is 1. The van der Waals surface area contributed by atoms with E-state index in [-0.39, 0.29) is 5.56 Å². The lowest BCUT2D eigenvalue weighted by Crippen LogP contribution is -2.13. The zero-order chi connectivity index (χ0) is 13.1. The molecule has 1 amide bonds. The van der Waals surface area contributed by atoms with Crippen LogP contribution in [0, 0.1) is 11.6 Å². The molecule has 0 saturated heterocycles. The van der Waals surface area contributed by atoms with Crippen molar-refractivity contribution < 1.29 is 13.6 Å². The first kappa shape index (κ1) is 12.7. The monoisotopic (exact) mass is 311 g/mol. The van der Waals surface area contributed by atoms with E-state index in [0.717, 1.165) is 6.07 Å². The van der Waals surface area contributed by atoms with E-state index < -0.39 is 17.5 Å². The first-order valence-electron chi connectivity index (χ1n) is 5.08. The van der Waals surface area contributed by atoms with Gasteiger partial charge in [-0.2, -0.15) is 0 Å². The Morgan fingerprint density at radius 2 is 1.78 bits per heavy atom. The molecule has 0 radical (unpaired) electrons. The van der Waals surface area contributed by atoms with E-state index in [0.29, 0.717) is 10.2 Å². The second-order valence-corrected chi connectivity index (χ2v) is 4.44. The standard InChI is InChI=1S/C13H8BrF2NO/c14-12-5-4-9(16)7-11(12)13(18)17-10-3-1-2-8(15)6-10/h1-7H,(H,17,18). The van der Waals surface area contributed by atoms with Gasteiger partial charge in [-0.1, -0.05) is 6.07 Å². The molecule has 0 spiro atoms. The van der Waals surface area contributed by atoms with Crippen molar-refractivity contribution in [3.05, 3.63) is 64.1 Å². The SMILES string of the molecule is O=C(Nc1cccc(F)c1)c1cc(F)ccc1Br. The van der Waals surface area contributed by atoms with Gasteiger partial charge in [0.2, 0.25) is 0 Å². The van der Waals surface area contributed by atoms with Gasteiger partial charge in [-0.15, -0.1) is 0 Å². The predicted molar refractivity (Wildman–Crippen MR) is 68.5 cm³/mol. The maximum atomic E-state index is 13.0. The fourth-order valence-electron chi connectivity index (χ4n) is 1.44. The summed E-state index contributed by atoms with van der Waals surface area (Å²) in [6, 6.07) is 9.27. The van der Waals surface area contributed by atoms with E-state index in [4.69, 9.17) is 0 Å². The van der Waals surface area contributed by atoms with Crippen molar-refractivity contribution in [2.75, 3.05) is 5.32 Å². The summed E-state index contributed by atoms with van der Waals surface area (Å²) in [5.74, 6) is -1.47. The molecule has 92 valence electrons. The van der Waals surface area contributed by atoms with Crippen LogP contribution in [0.25, 0.3) is 0 Å². The Labute approximate surface area is 111 Å². The van der Waals surface area contributed by atoms with Gasteiger partial charge >= 0.3 is 0 Å². The lowest BCUT2D eigenvalue weighted by molar-refractivity contribution is 0.102. The minimum absolute atomic E-state index is 0.152. The Morgan fingerprint density at radius 1 is 1.06 bits per heavy atom. The third-order valence-corrected chi connectivity index (χ3v) is 2.95. The van der Waals surface area contributed by atoms with Crippen LogP contribution in [0.4, 0.5) is 14.5 Å². The summed E-state index contributed by atoms with van der Waals surface area (Å²) in [7, 11) is 0. The zero-order valence-electron chi connectivity index (χ0n) is 9.08. The van der Waals surface area contributed by atoms with Crippen molar-refractivity contribution in [3.8, 4) is 0 Å². The number of hydrogen-bond acceptors (Lipinski definition) is 1.